The molecule has 1 saturated carbocycles. The Morgan fingerprint density at radius 2 is 1.84 bits per heavy atom. The summed E-state index contributed by atoms with van der Waals surface area (Å²) in [5, 5.41) is 2.78. The lowest BCUT2D eigenvalue weighted by molar-refractivity contribution is -0.152. The molecule has 1 aliphatic carbocycles. The maximum Gasteiger partial charge on any atom is 0.248 e. The molecule has 1 heterocycles. The van der Waals surface area contributed by atoms with Crippen molar-refractivity contribution in [2.24, 2.45) is 0 Å². The fourth-order valence-electron chi connectivity index (χ4n) is 2.74. The Morgan fingerprint density at radius 1 is 1.21 bits per heavy atom. The van der Waals surface area contributed by atoms with Crippen LogP contribution in [0.25, 0.3) is 0 Å². The number of nitrogens with zero attached hydrogens (tertiary/aromatic N) is 1. The molecule has 1 saturated heterocycles. The number of piperazine rings is 1. The first-order valence-electron chi connectivity index (χ1n) is 6.71. The summed E-state index contributed by atoms with van der Waals surface area (Å²) >= 11 is 0. The molecule has 1 aromatic carbocycles. The highest BCUT2D eigenvalue weighted by Crippen LogP contribution is 2.46. The van der Waals surface area contributed by atoms with Crippen molar-refractivity contribution < 1.29 is 9.59 Å². The highest BCUT2D eigenvalue weighted by molar-refractivity contribution is 5.98. The molecule has 1 aliphatic heterocycles. The van der Waals surface area contributed by atoms with Crippen molar-refractivity contribution >= 4 is 11.8 Å². The molecule has 2 fully saturated rings. The largest absolute Gasteiger partial charge is 0.342 e. The zero-order chi connectivity index (χ0) is 13.6. The van der Waals surface area contributed by atoms with Crippen molar-refractivity contribution in [3.05, 3.63) is 35.9 Å². The van der Waals surface area contributed by atoms with Gasteiger partial charge in [-0.3, -0.25) is 9.59 Å². The first kappa shape index (κ1) is 12.2. The van der Waals surface area contributed by atoms with E-state index in [9.17, 15) is 9.59 Å². The summed E-state index contributed by atoms with van der Waals surface area (Å²) in [7, 11) is 0. The van der Waals surface area contributed by atoms with Gasteiger partial charge in [0.15, 0.2) is 0 Å². The molecule has 2 unspecified atom stereocenters. The molecule has 19 heavy (non-hydrogen) atoms. The summed E-state index contributed by atoms with van der Waals surface area (Å²) in [6, 6.07) is 8.62. The van der Waals surface area contributed by atoms with Gasteiger partial charge in [-0.05, 0) is 32.3 Å². The van der Waals surface area contributed by atoms with Gasteiger partial charge >= 0.3 is 0 Å². The van der Waals surface area contributed by atoms with Gasteiger partial charge in [0.1, 0.15) is 12.1 Å². The smallest absolute Gasteiger partial charge is 0.248 e. The maximum atomic E-state index is 12.5. The molecular formula is C15H18N2O2. The van der Waals surface area contributed by atoms with Crippen molar-refractivity contribution in [3.63, 3.8) is 0 Å². The Kier molecular flexibility index (Phi) is 2.62. The van der Waals surface area contributed by atoms with Crippen LogP contribution in [0.3, 0.4) is 0 Å². The molecule has 2 atom stereocenters. The number of carbonyl (C=O) groups is 2. The van der Waals surface area contributed by atoms with E-state index >= 15 is 0 Å². The zero-order valence-electron chi connectivity index (χ0n) is 11.2. The highest BCUT2D eigenvalue weighted by Gasteiger charge is 2.53. The summed E-state index contributed by atoms with van der Waals surface area (Å²) in [5.41, 5.74) is 0.734. The summed E-state index contributed by atoms with van der Waals surface area (Å²) in [5.74, 6) is -0.0557. The minimum atomic E-state index is -0.489. The van der Waals surface area contributed by atoms with Crippen molar-refractivity contribution in [1.82, 2.24) is 10.2 Å². The van der Waals surface area contributed by atoms with Gasteiger partial charge in [-0.2, -0.15) is 0 Å². The molecular weight excluding hydrogens is 240 g/mol. The summed E-state index contributed by atoms with van der Waals surface area (Å²) in [6.07, 6.45) is 1.95. The fraction of sp³-hybridized carbons (Fsp3) is 0.467. The lowest BCUT2D eigenvalue weighted by Crippen LogP contribution is -2.61. The van der Waals surface area contributed by atoms with Gasteiger partial charge in [-0.15, -0.1) is 0 Å². The first-order chi connectivity index (χ1) is 9.03. The first-order valence-corrected chi connectivity index (χ1v) is 6.71. The number of nitrogens with one attached hydrogen (secondary N) is 1. The summed E-state index contributed by atoms with van der Waals surface area (Å²) < 4.78 is 0. The van der Waals surface area contributed by atoms with Crippen molar-refractivity contribution in [3.8, 4) is 0 Å². The highest BCUT2D eigenvalue weighted by atomic mass is 16.2. The predicted molar refractivity (Wildman–Crippen MR) is 71.3 cm³/mol. The van der Waals surface area contributed by atoms with Crippen LogP contribution in [0.1, 0.15) is 38.3 Å². The van der Waals surface area contributed by atoms with Crippen LogP contribution >= 0.6 is 0 Å². The normalized spacial score (nSPS) is 29.1. The number of hydrogen-bond donors (Lipinski definition) is 1. The molecule has 2 aliphatic rings. The summed E-state index contributed by atoms with van der Waals surface area (Å²) in [6.45, 7) is 3.81. The van der Waals surface area contributed by atoms with Gasteiger partial charge in [-0.1, -0.05) is 30.3 Å². The van der Waals surface area contributed by atoms with Crippen LogP contribution < -0.4 is 5.32 Å². The average Bonchev–Trinajstić information content (AvgIpc) is 3.13. The van der Waals surface area contributed by atoms with Crippen LogP contribution in [0, 0.1) is 0 Å². The number of hydrogen-bond acceptors (Lipinski definition) is 2. The molecule has 0 spiro atoms. The van der Waals surface area contributed by atoms with E-state index in [2.05, 4.69) is 12.2 Å². The molecule has 0 aromatic heterocycles. The maximum absolute atomic E-state index is 12.5. The second-order valence-corrected chi connectivity index (χ2v) is 5.75. The molecule has 4 nitrogen and oxygen atoms in total. The van der Waals surface area contributed by atoms with E-state index < -0.39 is 12.1 Å². The van der Waals surface area contributed by atoms with Gasteiger partial charge in [-0.25, -0.2) is 0 Å². The van der Waals surface area contributed by atoms with E-state index in [1.165, 1.54) is 0 Å². The molecule has 100 valence electrons. The molecule has 0 radical (unpaired) electrons. The van der Waals surface area contributed by atoms with Crippen LogP contribution in [0.15, 0.2) is 30.3 Å². The third kappa shape index (κ3) is 1.91. The van der Waals surface area contributed by atoms with Gasteiger partial charge in [0.2, 0.25) is 11.8 Å². The average molecular weight is 258 g/mol. The monoisotopic (exact) mass is 258 g/mol. The van der Waals surface area contributed by atoms with Crippen molar-refractivity contribution in [2.75, 3.05) is 0 Å². The lowest BCUT2D eigenvalue weighted by Gasteiger charge is -2.42. The van der Waals surface area contributed by atoms with E-state index in [1.54, 1.807) is 11.8 Å². The molecule has 4 heteroatoms. The van der Waals surface area contributed by atoms with Gasteiger partial charge in [0.25, 0.3) is 0 Å². The van der Waals surface area contributed by atoms with Gasteiger partial charge in [0.05, 0.1) is 0 Å². The predicted octanol–water partition coefficient (Wildman–Crippen LogP) is 1.63. The Labute approximate surface area is 112 Å². The van der Waals surface area contributed by atoms with Gasteiger partial charge < -0.3 is 10.2 Å². The van der Waals surface area contributed by atoms with E-state index in [4.69, 9.17) is 0 Å². The molecule has 1 aromatic rings. The fourth-order valence-corrected chi connectivity index (χ4v) is 2.74. The van der Waals surface area contributed by atoms with Crippen LogP contribution in [0.2, 0.25) is 0 Å². The Hall–Kier alpha value is -1.84. The van der Waals surface area contributed by atoms with E-state index in [-0.39, 0.29) is 17.4 Å². The Balaban J connectivity index is 2.03. The van der Waals surface area contributed by atoms with E-state index in [0.29, 0.717) is 0 Å². The quantitative estimate of drug-likeness (QED) is 0.876. The molecule has 2 amide bonds. The second kappa shape index (κ2) is 4.08. The van der Waals surface area contributed by atoms with Gasteiger partial charge in [0, 0.05) is 5.54 Å². The van der Waals surface area contributed by atoms with Crippen LogP contribution in [-0.2, 0) is 9.59 Å². The van der Waals surface area contributed by atoms with E-state index in [0.717, 1.165) is 18.4 Å². The number of rotatable bonds is 2. The van der Waals surface area contributed by atoms with Crippen molar-refractivity contribution in [1.29, 1.82) is 0 Å². The molecule has 0 bridgehead atoms. The number of carbonyl (C=O) groups excluding carboxylic acids is 2. The second-order valence-electron chi connectivity index (χ2n) is 5.75. The minimum absolute atomic E-state index is 0.0217. The number of benzene rings is 1. The summed E-state index contributed by atoms with van der Waals surface area (Å²) in [4.78, 5) is 26.6. The minimum Gasteiger partial charge on any atom is -0.342 e. The van der Waals surface area contributed by atoms with Crippen LogP contribution in [0.4, 0.5) is 0 Å². The van der Waals surface area contributed by atoms with Crippen molar-refractivity contribution in [2.45, 2.75) is 44.3 Å². The third-order valence-electron chi connectivity index (χ3n) is 4.14. The zero-order valence-corrected chi connectivity index (χ0v) is 11.2. The standard InChI is InChI=1S/C15H18N2O2/c1-10-14(19)17(15(2)8-9-15)12(13(18)16-10)11-6-4-3-5-7-11/h3-7,10,12H,8-9H2,1-2H3,(H,16,18). The SMILES string of the molecule is CC1NC(=O)C(c2ccccc2)N(C2(C)CC2)C1=O. The van der Waals surface area contributed by atoms with Crippen LogP contribution in [0.5, 0.6) is 0 Å². The Morgan fingerprint density at radius 3 is 2.42 bits per heavy atom. The molecule has 1 N–H and O–H groups in total. The number of amides is 2. The topological polar surface area (TPSA) is 49.4 Å². The lowest BCUT2D eigenvalue weighted by atomic mass is 9.97. The third-order valence-corrected chi connectivity index (χ3v) is 4.14. The molecule has 3 rings (SSSR count). The van der Waals surface area contributed by atoms with Crippen LogP contribution in [-0.4, -0.2) is 28.3 Å². The Bertz CT molecular complexity index is 522. The van der Waals surface area contributed by atoms with E-state index in [1.807, 2.05) is 30.3 Å².